The Morgan fingerprint density at radius 1 is 0.667 bits per heavy atom. The summed E-state index contributed by atoms with van der Waals surface area (Å²) in [7, 11) is 2.09. The molecule has 3 heteroatoms. The predicted molar refractivity (Wildman–Crippen MR) is 160 cm³/mol. The third kappa shape index (κ3) is 3.54. The molecule has 0 spiro atoms. The summed E-state index contributed by atoms with van der Waals surface area (Å²) in [6.07, 6.45) is 2.09. The molecule has 0 unspecified atom stereocenters. The molecule has 2 heterocycles. The molecule has 184 valence electrons. The quantitative estimate of drug-likeness (QED) is 0.225. The van der Waals surface area contributed by atoms with Crippen molar-refractivity contribution in [1.82, 2.24) is 4.57 Å². The van der Waals surface area contributed by atoms with Crippen molar-refractivity contribution in [3.8, 4) is 34.1 Å². The van der Waals surface area contributed by atoms with Gasteiger partial charge in [-0.25, -0.2) is 4.57 Å². The Morgan fingerprint density at radius 3 is 2.13 bits per heavy atom. The molecule has 0 saturated heterocycles. The van der Waals surface area contributed by atoms with E-state index in [-0.39, 0.29) is 0 Å². The van der Waals surface area contributed by atoms with Gasteiger partial charge < -0.3 is 4.57 Å². The molecule has 7 aromatic rings. The van der Waals surface area contributed by atoms with Crippen LogP contribution in [0.2, 0.25) is 0 Å². The van der Waals surface area contributed by atoms with Gasteiger partial charge in [-0.15, -0.1) is 0 Å². The highest BCUT2D eigenvalue weighted by Crippen LogP contribution is 2.44. The highest BCUT2D eigenvalue weighted by Gasteiger charge is 2.25. The molecule has 0 atom stereocenters. The van der Waals surface area contributed by atoms with Crippen LogP contribution >= 0.6 is 0 Å². The van der Waals surface area contributed by atoms with E-state index in [1.165, 1.54) is 21.9 Å². The van der Waals surface area contributed by atoms with Gasteiger partial charge in [0.15, 0.2) is 6.20 Å². The number of nitrogens with zero attached hydrogens (tertiary/aromatic N) is 3. The summed E-state index contributed by atoms with van der Waals surface area (Å²) < 4.78 is 4.55. The molecule has 0 radical (unpaired) electrons. The van der Waals surface area contributed by atoms with Crippen molar-refractivity contribution < 1.29 is 4.57 Å². The van der Waals surface area contributed by atoms with Crippen molar-refractivity contribution in [3.63, 3.8) is 0 Å². The molecule has 5 aromatic carbocycles. The van der Waals surface area contributed by atoms with E-state index in [9.17, 15) is 5.26 Å². The summed E-state index contributed by atoms with van der Waals surface area (Å²) in [6, 6.07) is 42.8. The number of para-hydroxylation sites is 1. The van der Waals surface area contributed by atoms with Gasteiger partial charge in [-0.05, 0) is 59.2 Å². The van der Waals surface area contributed by atoms with E-state index in [0.29, 0.717) is 5.56 Å². The van der Waals surface area contributed by atoms with Gasteiger partial charge in [0.25, 0.3) is 0 Å². The van der Waals surface area contributed by atoms with Crippen LogP contribution in [0.4, 0.5) is 0 Å². The second-order valence-electron chi connectivity index (χ2n) is 10.1. The minimum absolute atomic E-state index is 0.668. The Balaban J connectivity index is 1.72. The maximum absolute atomic E-state index is 10.3. The Labute approximate surface area is 227 Å². The molecule has 0 aliphatic heterocycles. The molecule has 0 aliphatic rings. The van der Waals surface area contributed by atoms with Gasteiger partial charge in [0, 0.05) is 34.2 Å². The topological polar surface area (TPSA) is 32.6 Å². The third-order valence-electron chi connectivity index (χ3n) is 7.79. The monoisotopic (exact) mass is 500 g/mol. The first kappa shape index (κ1) is 23.0. The van der Waals surface area contributed by atoms with Crippen LogP contribution in [0.15, 0.2) is 121 Å². The van der Waals surface area contributed by atoms with Crippen LogP contribution in [0, 0.1) is 18.3 Å². The number of hydrogen-bond donors (Lipinski definition) is 0. The lowest BCUT2D eigenvalue weighted by atomic mass is 9.94. The number of hydrogen-bond acceptors (Lipinski definition) is 1. The van der Waals surface area contributed by atoms with E-state index in [2.05, 4.69) is 138 Å². The summed E-state index contributed by atoms with van der Waals surface area (Å²) in [4.78, 5) is 0. The van der Waals surface area contributed by atoms with Gasteiger partial charge in [-0.3, -0.25) is 0 Å². The fourth-order valence-corrected chi connectivity index (χ4v) is 5.97. The van der Waals surface area contributed by atoms with E-state index in [0.717, 1.165) is 44.3 Å². The van der Waals surface area contributed by atoms with Crippen molar-refractivity contribution in [2.75, 3.05) is 0 Å². The van der Waals surface area contributed by atoms with Crippen molar-refractivity contribution in [1.29, 1.82) is 5.26 Å². The van der Waals surface area contributed by atoms with Crippen molar-refractivity contribution in [2.24, 2.45) is 7.05 Å². The van der Waals surface area contributed by atoms with Gasteiger partial charge in [0.1, 0.15) is 7.05 Å². The van der Waals surface area contributed by atoms with Crippen LogP contribution in [0.1, 0.15) is 11.1 Å². The summed E-state index contributed by atoms with van der Waals surface area (Å²) in [5.41, 5.74) is 9.48. The van der Waals surface area contributed by atoms with Crippen LogP contribution in [0.3, 0.4) is 0 Å². The highest BCUT2D eigenvalue weighted by molar-refractivity contribution is 6.18. The number of rotatable bonds is 3. The average molecular weight is 501 g/mol. The molecule has 0 fully saturated rings. The normalized spacial score (nSPS) is 11.3. The Hall–Kier alpha value is -5.20. The molecule has 39 heavy (non-hydrogen) atoms. The molecule has 7 rings (SSSR count). The van der Waals surface area contributed by atoms with E-state index in [4.69, 9.17) is 0 Å². The smallest absolute Gasteiger partial charge is 0.214 e. The fourth-order valence-electron chi connectivity index (χ4n) is 5.97. The van der Waals surface area contributed by atoms with E-state index in [1.54, 1.807) is 0 Å². The van der Waals surface area contributed by atoms with Crippen LogP contribution in [0.5, 0.6) is 0 Å². The number of aromatic nitrogens is 2. The van der Waals surface area contributed by atoms with E-state index >= 15 is 0 Å². The zero-order valence-electron chi connectivity index (χ0n) is 21.9. The minimum atomic E-state index is 0.668. The van der Waals surface area contributed by atoms with Gasteiger partial charge >= 0.3 is 0 Å². The first-order valence-electron chi connectivity index (χ1n) is 13.2. The van der Waals surface area contributed by atoms with Gasteiger partial charge in [-0.1, -0.05) is 72.8 Å². The summed E-state index contributed by atoms with van der Waals surface area (Å²) in [5.74, 6) is 0. The largest absolute Gasteiger partial charge is 0.308 e. The SMILES string of the molecule is Cc1ccc2c3ccc(C#N)c(-c4ccc5ccccc5c4)c3n(-c3ccccc3)c2c1-c1cccc[n+]1C. The molecule has 3 nitrogen and oxygen atoms in total. The molecule has 2 aromatic heterocycles. The molecule has 0 aliphatic carbocycles. The van der Waals surface area contributed by atoms with Gasteiger partial charge in [-0.2, -0.15) is 5.26 Å². The summed E-state index contributed by atoms with van der Waals surface area (Å²) in [6.45, 7) is 2.18. The second kappa shape index (κ2) is 8.97. The lowest BCUT2D eigenvalue weighted by Crippen LogP contribution is -2.30. The summed E-state index contributed by atoms with van der Waals surface area (Å²) in [5, 5.41) is 15.0. The summed E-state index contributed by atoms with van der Waals surface area (Å²) >= 11 is 0. The van der Waals surface area contributed by atoms with Crippen molar-refractivity contribution in [2.45, 2.75) is 6.92 Å². The molecule has 0 saturated carbocycles. The van der Waals surface area contributed by atoms with Crippen LogP contribution < -0.4 is 4.57 Å². The lowest BCUT2D eigenvalue weighted by molar-refractivity contribution is -0.660. The average Bonchev–Trinajstić information content (AvgIpc) is 3.31. The van der Waals surface area contributed by atoms with Crippen LogP contribution in [0.25, 0.3) is 60.6 Å². The fraction of sp³-hybridized carbons (Fsp3) is 0.0556. The van der Waals surface area contributed by atoms with Crippen LogP contribution in [-0.2, 0) is 7.05 Å². The number of pyridine rings is 1. The number of fused-ring (bicyclic) bond motifs is 4. The number of nitriles is 1. The molecular weight excluding hydrogens is 474 g/mol. The molecule has 0 N–H and O–H groups in total. The first-order chi connectivity index (χ1) is 19.2. The minimum Gasteiger partial charge on any atom is -0.308 e. The molecular formula is C36H26N3+. The Kier molecular flexibility index (Phi) is 5.28. The maximum atomic E-state index is 10.3. The van der Waals surface area contributed by atoms with Crippen molar-refractivity contribution >= 4 is 32.6 Å². The third-order valence-corrected chi connectivity index (χ3v) is 7.79. The van der Waals surface area contributed by atoms with Gasteiger partial charge in [0.05, 0.1) is 28.2 Å². The Bertz CT molecular complexity index is 2090. The lowest BCUT2D eigenvalue weighted by Gasteiger charge is -2.15. The zero-order valence-corrected chi connectivity index (χ0v) is 21.9. The predicted octanol–water partition coefficient (Wildman–Crippen LogP) is 8.28. The Morgan fingerprint density at radius 2 is 1.36 bits per heavy atom. The van der Waals surface area contributed by atoms with Crippen LogP contribution in [-0.4, -0.2) is 4.57 Å². The highest BCUT2D eigenvalue weighted by atomic mass is 15.0. The van der Waals surface area contributed by atoms with E-state index in [1.807, 2.05) is 12.1 Å². The molecule has 0 bridgehead atoms. The van der Waals surface area contributed by atoms with Gasteiger partial charge in [0.2, 0.25) is 5.69 Å². The van der Waals surface area contributed by atoms with E-state index < -0.39 is 0 Å². The second-order valence-corrected chi connectivity index (χ2v) is 10.1. The number of benzene rings is 5. The molecule has 0 amide bonds. The standard InChI is InChI=1S/C36H26N3/c1-24-15-19-30-31-20-18-28(23-37)34(27-17-16-25-10-6-7-11-26(25)22-27)36(31)39(29-12-4-3-5-13-29)35(30)33(24)32-14-8-9-21-38(32)2/h3-22H,1-2H3/q+1. The zero-order chi connectivity index (χ0) is 26.5. The number of aryl methyl sites for hydroxylation is 2. The maximum Gasteiger partial charge on any atom is 0.214 e. The first-order valence-corrected chi connectivity index (χ1v) is 13.2. The van der Waals surface area contributed by atoms with Crippen molar-refractivity contribution in [3.05, 3.63) is 133 Å².